The van der Waals surface area contributed by atoms with Crippen LogP contribution >= 0.6 is 0 Å². The Balaban J connectivity index is 1.79. The van der Waals surface area contributed by atoms with E-state index in [-0.39, 0.29) is 5.78 Å². The molecule has 0 aliphatic carbocycles. The van der Waals surface area contributed by atoms with Crippen molar-refractivity contribution in [1.29, 1.82) is 0 Å². The lowest BCUT2D eigenvalue weighted by atomic mass is 10.0. The van der Waals surface area contributed by atoms with Crippen molar-refractivity contribution in [3.8, 4) is 0 Å². The maximum atomic E-state index is 12.8. The molecule has 110 valence electrons. The van der Waals surface area contributed by atoms with E-state index in [1.807, 2.05) is 0 Å². The van der Waals surface area contributed by atoms with Crippen LogP contribution in [0, 0.1) is 5.82 Å². The zero-order chi connectivity index (χ0) is 14.5. The molecule has 1 saturated heterocycles. The number of aromatic nitrogens is 1. The fourth-order valence-electron chi connectivity index (χ4n) is 2.57. The van der Waals surface area contributed by atoms with Crippen LogP contribution in [0.2, 0.25) is 0 Å². The Labute approximate surface area is 119 Å². The number of rotatable bonds is 5. The van der Waals surface area contributed by atoms with Crippen LogP contribution in [0.25, 0.3) is 0 Å². The Morgan fingerprint density at radius 3 is 2.75 bits per heavy atom. The first-order valence-electron chi connectivity index (χ1n) is 7.10. The van der Waals surface area contributed by atoms with Crippen molar-refractivity contribution in [2.45, 2.75) is 25.3 Å². The fraction of sp³-hybridized carbons (Fsp3) is 0.600. The van der Waals surface area contributed by atoms with Gasteiger partial charge in [-0.1, -0.05) is 0 Å². The summed E-state index contributed by atoms with van der Waals surface area (Å²) in [5.41, 5.74) is 0.350. The van der Waals surface area contributed by atoms with Gasteiger partial charge in [0.15, 0.2) is 5.78 Å². The summed E-state index contributed by atoms with van der Waals surface area (Å²) in [6.45, 7) is 2.96. The van der Waals surface area contributed by atoms with Crippen LogP contribution in [0.3, 0.4) is 0 Å². The molecule has 0 radical (unpaired) electrons. The smallest absolute Gasteiger partial charge is 0.182 e. The summed E-state index contributed by atoms with van der Waals surface area (Å²) < 4.78 is 12.8. The fourth-order valence-corrected chi connectivity index (χ4v) is 2.57. The van der Waals surface area contributed by atoms with Crippen molar-refractivity contribution in [2.75, 3.05) is 33.7 Å². The number of carbonyl (C=O) groups is 1. The van der Waals surface area contributed by atoms with Gasteiger partial charge in [0.1, 0.15) is 11.5 Å². The van der Waals surface area contributed by atoms with Gasteiger partial charge >= 0.3 is 0 Å². The molecule has 4 nitrogen and oxygen atoms in total. The van der Waals surface area contributed by atoms with Crippen LogP contribution in [0.1, 0.15) is 29.8 Å². The summed E-state index contributed by atoms with van der Waals surface area (Å²) in [6, 6.07) is 3.29. The van der Waals surface area contributed by atoms with Gasteiger partial charge in [0, 0.05) is 19.0 Å². The molecule has 1 fully saturated rings. The Morgan fingerprint density at radius 1 is 1.45 bits per heavy atom. The average Bonchev–Trinajstić information content (AvgIpc) is 2.46. The number of Topliss-reactive ketones (excluding diaryl/α,β-unsaturated/α-hetero) is 1. The van der Waals surface area contributed by atoms with Gasteiger partial charge in [-0.3, -0.25) is 9.78 Å². The van der Waals surface area contributed by atoms with Crippen LogP contribution in [-0.4, -0.2) is 60.3 Å². The molecule has 1 aromatic heterocycles. The number of ketones is 1. The van der Waals surface area contributed by atoms with E-state index in [4.69, 9.17) is 0 Å². The van der Waals surface area contributed by atoms with Crippen molar-refractivity contribution < 1.29 is 9.18 Å². The van der Waals surface area contributed by atoms with E-state index in [1.54, 1.807) is 0 Å². The maximum absolute atomic E-state index is 12.8. The summed E-state index contributed by atoms with van der Waals surface area (Å²) in [6.07, 6.45) is 3.82. The highest BCUT2D eigenvalue weighted by Gasteiger charge is 2.21. The molecule has 0 aromatic carbocycles. The minimum absolute atomic E-state index is 0.0234. The first kappa shape index (κ1) is 15.1. The molecule has 0 bridgehead atoms. The summed E-state index contributed by atoms with van der Waals surface area (Å²) in [5, 5.41) is 0. The summed E-state index contributed by atoms with van der Waals surface area (Å²) in [5.74, 6) is -0.435. The Kier molecular flexibility index (Phi) is 5.20. The molecule has 2 heterocycles. The zero-order valence-corrected chi connectivity index (χ0v) is 12.2. The van der Waals surface area contributed by atoms with Gasteiger partial charge in [-0.25, -0.2) is 4.39 Å². The van der Waals surface area contributed by atoms with Crippen LogP contribution < -0.4 is 0 Å². The highest BCUT2D eigenvalue weighted by Crippen LogP contribution is 2.14. The molecule has 1 aliphatic heterocycles. The Bertz CT molecular complexity index is 441. The summed E-state index contributed by atoms with van der Waals surface area (Å²) in [7, 11) is 4.21. The lowest BCUT2D eigenvalue weighted by Crippen LogP contribution is -2.42. The number of nitrogens with zero attached hydrogens (tertiary/aromatic N) is 3. The second-order valence-corrected chi connectivity index (χ2v) is 5.55. The van der Waals surface area contributed by atoms with Gasteiger partial charge in [-0.05, 0) is 52.2 Å². The third kappa shape index (κ3) is 4.08. The molecule has 0 saturated carbocycles. The second kappa shape index (κ2) is 6.90. The molecule has 1 aliphatic rings. The van der Waals surface area contributed by atoms with E-state index in [1.165, 1.54) is 12.1 Å². The molecular formula is C15H22FN3O. The normalized spacial score (nSPS) is 17.6. The number of piperidine rings is 1. The van der Waals surface area contributed by atoms with Crippen molar-refractivity contribution in [3.63, 3.8) is 0 Å². The van der Waals surface area contributed by atoms with Gasteiger partial charge in [-0.15, -0.1) is 0 Å². The second-order valence-electron chi connectivity index (χ2n) is 5.55. The number of pyridine rings is 1. The minimum Gasteiger partial charge on any atom is -0.306 e. The molecule has 1 aromatic rings. The number of halogens is 1. The van der Waals surface area contributed by atoms with Crippen molar-refractivity contribution >= 4 is 5.78 Å². The third-order valence-electron chi connectivity index (χ3n) is 4.02. The SMILES string of the molecule is CN1CCC(N(C)CCC(=O)c2ccc(F)cn2)CC1. The van der Waals surface area contributed by atoms with Gasteiger partial charge in [-0.2, -0.15) is 0 Å². The maximum Gasteiger partial charge on any atom is 0.182 e. The quantitative estimate of drug-likeness (QED) is 0.770. The topological polar surface area (TPSA) is 36.4 Å². The van der Waals surface area contributed by atoms with Crippen LogP contribution in [0.15, 0.2) is 18.3 Å². The van der Waals surface area contributed by atoms with Crippen LogP contribution in [-0.2, 0) is 0 Å². The van der Waals surface area contributed by atoms with E-state index >= 15 is 0 Å². The highest BCUT2D eigenvalue weighted by molar-refractivity contribution is 5.94. The van der Waals surface area contributed by atoms with Gasteiger partial charge < -0.3 is 9.80 Å². The van der Waals surface area contributed by atoms with E-state index in [2.05, 4.69) is 28.9 Å². The molecule has 0 atom stereocenters. The molecule has 0 N–H and O–H groups in total. The zero-order valence-electron chi connectivity index (χ0n) is 12.2. The molecular weight excluding hydrogens is 257 g/mol. The predicted molar refractivity (Wildman–Crippen MR) is 76.3 cm³/mol. The predicted octanol–water partition coefficient (Wildman–Crippen LogP) is 1.82. The Hall–Kier alpha value is -1.33. The lowest BCUT2D eigenvalue weighted by Gasteiger charge is -2.35. The first-order valence-corrected chi connectivity index (χ1v) is 7.10. The number of hydrogen-bond donors (Lipinski definition) is 0. The average molecular weight is 279 g/mol. The molecule has 0 amide bonds. The number of hydrogen-bond acceptors (Lipinski definition) is 4. The van der Waals surface area contributed by atoms with Crippen molar-refractivity contribution in [3.05, 3.63) is 29.8 Å². The third-order valence-corrected chi connectivity index (χ3v) is 4.02. The molecule has 0 spiro atoms. The van der Waals surface area contributed by atoms with E-state index in [0.29, 0.717) is 18.2 Å². The summed E-state index contributed by atoms with van der Waals surface area (Å²) >= 11 is 0. The Morgan fingerprint density at radius 2 is 2.15 bits per heavy atom. The van der Waals surface area contributed by atoms with Crippen LogP contribution in [0.5, 0.6) is 0 Å². The standard InChI is InChI=1S/C15H22FN3O/c1-18-8-5-13(6-9-18)19(2)10-7-15(20)14-4-3-12(16)11-17-14/h3-4,11,13H,5-10H2,1-2H3. The van der Waals surface area contributed by atoms with Gasteiger partial charge in [0.25, 0.3) is 0 Å². The van der Waals surface area contributed by atoms with E-state index in [0.717, 1.165) is 38.7 Å². The largest absolute Gasteiger partial charge is 0.306 e. The van der Waals surface area contributed by atoms with Gasteiger partial charge in [0.05, 0.1) is 6.20 Å². The number of carbonyl (C=O) groups excluding carboxylic acids is 1. The van der Waals surface area contributed by atoms with E-state index < -0.39 is 5.82 Å². The molecule has 5 heteroatoms. The molecule has 2 rings (SSSR count). The number of likely N-dealkylation sites (tertiary alicyclic amines) is 1. The monoisotopic (exact) mass is 279 g/mol. The van der Waals surface area contributed by atoms with Gasteiger partial charge in [0.2, 0.25) is 0 Å². The van der Waals surface area contributed by atoms with Crippen molar-refractivity contribution in [1.82, 2.24) is 14.8 Å². The molecule has 20 heavy (non-hydrogen) atoms. The first-order chi connectivity index (χ1) is 9.56. The van der Waals surface area contributed by atoms with Crippen molar-refractivity contribution in [2.24, 2.45) is 0 Å². The lowest BCUT2D eigenvalue weighted by molar-refractivity contribution is 0.0934. The van der Waals surface area contributed by atoms with E-state index in [9.17, 15) is 9.18 Å². The minimum atomic E-state index is -0.412. The summed E-state index contributed by atoms with van der Waals surface area (Å²) in [4.78, 5) is 20.4. The molecule has 0 unspecified atom stereocenters. The highest BCUT2D eigenvalue weighted by atomic mass is 19.1. The van der Waals surface area contributed by atoms with Crippen LogP contribution in [0.4, 0.5) is 4.39 Å².